The number of carbonyl (C=O) groups excluding carboxylic acids is 1. The summed E-state index contributed by atoms with van der Waals surface area (Å²) >= 11 is 5.65. The van der Waals surface area contributed by atoms with Crippen molar-refractivity contribution in [2.75, 3.05) is 38.6 Å². The minimum absolute atomic E-state index is 0.285. The maximum absolute atomic E-state index is 11.7. The van der Waals surface area contributed by atoms with Crippen molar-refractivity contribution >= 4 is 17.5 Å². The Morgan fingerprint density at radius 3 is 2.71 bits per heavy atom. The third-order valence-electron chi connectivity index (χ3n) is 2.97. The normalized spacial score (nSPS) is 24.4. The van der Waals surface area contributed by atoms with Crippen LogP contribution in [0.5, 0.6) is 0 Å². The van der Waals surface area contributed by atoms with Gasteiger partial charge in [-0.25, -0.2) is 0 Å². The number of rotatable bonds is 4. The van der Waals surface area contributed by atoms with E-state index in [1.165, 1.54) is 12.8 Å². The molecule has 4 heteroatoms. The smallest absolute Gasteiger partial charge is 0.236 e. The fraction of sp³-hybridized carbons (Fsp3) is 0.900. The number of piperazine rings is 1. The quantitative estimate of drug-likeness (QED) is 0.649. The molecule has 80 valence electrons. The van der Waals surface area contributed by atoms with Gasteiger partial charge < -0.3 is 4.90 Å². The van der Waals surface area contributed by atoms with Crippen LogP contribution in [0.15, 0.2) is 0 Å². The Morgan fingerprint density at radius 2 is 2.14 bits per heavy atom. The van der Waals surface area contributed by atoms with E-state index in [2.05, 4.69) is 4.90 Å². The van der Waals surface area contributed by atoms with Gasteiger partial charge in [-0.15, -0.1) is 11.6 Å². The first-order valence-corrected chi connectivity index (χ1v) is 5.89. The molecule has 0 atom stereocenters. The molecule has 0 aromatic rings. The Bertz CT molecular complexity index is 218. The van der Waals surface area contributed by atoms with Gasteiger partial charge in [-0.05, 0) is 18.8 Å². The Balaban J connectivity index is 1.77. The predicted molar refractivity (Wildman–Crippen MR) is 56.5 cm³/mol. The van der Waals surface area contributed by atoms with Crippen molar-refractivity contribution in [2.45, 2.75) is 12.8 Å². The van der Waals surface area contributed by atoms with E-state index in [1.54, 1.807) is 0 Å². The van der Waals surface area contributed by atoms with Crippen LogP contribution in [0.2, 0.25) is 0 Å². The minimum Gasteiger partial charge on any atom is -0.340 e. The third kappa shape index (κ3) is 2.61. The van der Waals surface area contributed by atoms with Gasteiger partial charge in [0, 0.05) is 32.1 Å². The zero-order valence-corrected chi connectivity index (χ0v) is 9.17. The molecule has 2 rings (SSSR count). The average Bonchev–Trinajstić information content (AvgIpc) is 2.94. The summed E-state index contributed by atoms with van der Waals surface area (Å²) in [6.45, 7) is 4.29. The molecule has 1 aliphatic heterocycles. The van der Waals surface area contributed by atoms with Crippen molar-refractivity contribution in [3.8, 4) is 0 Å². The average molecular weight is 217 g/mol. The van der Waals surface area contributed by atoms with Crippen molar-refractivity contribution in [3.05, 3.63) is 0 Å². The monoisotopic (exact) mass is 216 g/mol. The highest BCUT2D eigenvalue weighted by Crippen LogP contribution is 2.30. The SMILES string of the molecule is O=C1CN(CCCl)CCN1CC1CC1. The molecule has 2 aliphatic rings. The van der Waals surface area contributed by atoms with E-state index in [9.17, 15) is 4.79 Å². The lowest BCUT2D eigenvalue weighted by Crippen LogP contribution is -2.51. The molecule has 2 fully saturated rings. The minimum atomic E-state index is 0.285. The van der Waals surface area contributed by atoms with Gasteiger partial charge in [-0.3, -0.25) is 9.69 Å². The summed E-state index contributed by atoms with van der Waals surface area (Å²) in [6.07, 6.45) is 2.63. The Kier molecular flexibility index (Phi) is 3.29. The zero-order chi connectivity index (χ0) is 9.97. The summed E-state index contributed by atoms with van der Waals surface area (Å²) in [7, 11) is 0. The lowest BCUT2D eigenvalue weighted by atomic mass is 10.2. The first-order chi connectivity index (χ1) is 6.79. The van der Waals surface area contributed by atoms with Gasteiger partial charge in [0.1, 0.15) is 0 Å². The molecule has 3 nitrogen and oxygen atoms in total. The highest BCUT2D eigenvalue weighted by Gasteiger charge is 2.29. The first-order valence-electron chi connectivity index (χ1n) is 5.35. The Hall–Kier alpha value is -0.280. The number of halogens is 1. The van der Waals surface area contributed by atoms with Gasteiger partial charge in [0.2, 0.25) is 5.91 Å². The van der Waals surface area contributed by atoms with Gasteiger partial charge in [0.05, 0.1) is 6.54 Å². The third-order valence-corrected chi connectivity index (χ3v) is 3.14. The van der Waals surface area contributed by atoms with E-state index in [0.29, 0.717) is 12.4 Å². The molecule has 0 aromatic heterocycles. The van der Waals surface area contributed by atoms with Crippen LogP contribution in [0.25, 0.3) is 0 Å². The molecule has 0 radical (unpaired) electrons. The summed E-state index contributed by atoms with van der Waals surface area (Å²) in [6, 6.07) is 0. The summed E-state index contributed by atoms with van der Waals surface area (Å²) in [5, 5.41) is 0. The molecule has 1 saturated carbocycles. The summed E-state index contributed by atoms with van der Waals surface area (Å²) in [4.78, 5) is 15.8. The Morgan fingerprint density at radius 1 is 1.36 bits per heavy atom. The van der Waals surface area contributed by atoms with Crippen molar-refractivity contribution in [1.82, 2.24) is 9.80 Å². The molecule has 14 heavy (non-hydrogen) atoms. The standard InChI is InChI=1S/C10H17ClN2O/c11-3-4-12-5-6-13(10(14)8-12)7-9-1-2-9/h9H,1-8H2. The maximum Gasteiger partial charge on any atom is 0.236 e. The Labute approximate surface area is 90.0 Å². The van der Waals surface area contributed by atoms with E-state index in [4.69, 9.17) is 11.6 Å². The molecular weight excluding hydrogens is 200 g/mol. The molecule has 0 unspecified atom stereocenters. The maximum atomic E-state index is 11.7. The fourth-order valence-corrected chi connectivity index (χ4v) is 2.11. The van der Waals surface area contributed by atoms with Gasteiger partial charge in [0.15, 0.2) is 0 Å². The van der Waals surface area contributed by atoms with Crippen LogP contribution in [0.4, 0.5) is 0 Å². The van der Waals surface area contributed by atoms with Crippen molar-refractivity contribution in [2.24, 2.45) is 5.92 Å². The van der Waals surface area contributed by atoms with Crippen molar-refractivity contribution < 1.29 is 4.79 Å². The predicted octanol–water partition coefficient (Wildman–Crippen LogP) is 0.779. The molecule has 1 saturated heterocycles. The van der Waals surface area contributed by atoms with Gasteiger partial charge in [0.25, 0.3) is 0 Å². The summed E-state index contributed by atoms with van der Waals surface area (Å²) in [5.41, 5.74) is 0. The number of carbonyl (C=O) groups is 1. The molecule has 1 heterocycles. The topological polar surface area (TPSA) is 23.6 Å². The van der Waals surface area contributed by atoms with Crippen molar-refractivity contribution in [3.63, 3.8) is 0 Å². The second kappa shape index (κ2) is 4.49. The molecule has 0 aromatic carbocycles. The molecule has 0 N–H and O–H groups in total. The van der Waals surface area contributed by atoms with Gasteiger partial charge in [-0.2, -0.15) is 0 Å². The summed E-state index contributed by atoms with van der Waals surface area (Å²) in [5.74, 6) is 1.71. The second-order valence-electron chi connectivity index (χ2n) is 4.25. The van der Waals surface area contributed by atoms with E-state index in [0.717, 1.165) is 32.1 Å². The van der Waals surface area contributed by atoms with Crippen LogP contribution < -0.4 is 0 Å². The van der Waals surface area contributed by atoms with Crippen LogP contribution >= 0.6 is 11.6 Å². The second-order valence-corrected chi connectivity index (χ2v) is 4.63. The van der Waals surface area contributed by atoms with E-state index in [1.807, 2.05) is 4.90 Å². The lowest BCUT2D eigenvalue weighted by Gasteiger charge is -2.34. The van der Waals surface area contributed by atoms with Crippen molar-refractivity contribution in [1.29, 1.82) is 0 Å². The molecule has 1 amide bonds. The van der Waals surface area contributed by atoms with Gasteiger partial charge in [-0.1, -0.05) is 0 Å². The highest BCUT2D eigenvalue weighted by molar-refractivity contribution is 6.18. The van der Waals surface area contributed by atoms with Gasteiger partial charge >= 0.3 is 0 Å². The summed E-state index contributed by atoms with van der Waals surface area (Å²) < 4.78 is 0. The van der Waals surface area contributed by atoms with E-state index in [-0.39, 0.29) is 5.91 Å². The van der Waals surface area contributed by atoms with E-state index < -0.39 is 0 Å². The lowest BCUT2D eigenvalue weighted by molar-refractivity contribution is -0.136. The number of amides is 1. The largest absolute Gasteiger partial charge is 0.340 e. The number of alkyl halides is 1. The first kappa shape index (κ1) is 10.2. The molecule has 0 bridgehead atoms. The fourth-order valence-electron chi connectivity index (χ4n) is 1.87. The van der Waals surface area contributed by atoms with Crippen LogP contribution in [-0.4, -0.2) is 54.3 Å². The van der Waals surface area contributed by atoms with Crippen LogP contribution in [-0.2, 0) is 4.79 Å². The van der Waals surface area contributed by atoms with E-state index >= 15 is 0 Å². The van der Waals surface area contributed by atoms with Crippen LogP contribution in [0, 0.1) is 5.92 Å². The number of hydrogen-bond acceptors (Lipinski definition) is 2. The molecular formula is C10H17ClN2O. The number of hydrogen-bond donors (Lipinski definition) is 0. The molecule has 1 aliphatic carbocycles. The zero-order valence-electron chi connectivity index (χ0n) is 8.41. The van der Waals surface area contributed by atoms with Crippen LogP contribution in [0.1, 0.15) is 12.8 Å². The highest BCUT2D eigenvalue weighted by atomic mass is 35.5. The molecule has 0 spiro atoms. The number of nitrogens with zero attached hydrogens (tertiary/aromatic N) is 2. The van der Waals surface area contributed by atoms with Crippen LogP contribution in [0.3, 0.4) is 0 Å².